The van der Waals surface area contributed by atoms with E-state index in [1.54, 1.807) is 0 Å². The van der Waals surface area contributed by atoms with E-state index < -0.39 is 0 Å². The Morgan fingerprint density at radius 1 is 1.58 bits per heavy atom. The van der Waals surface area contributed by atoms with Gasteiger partial charge in [-0.05, 0) is 29.3 Å². The highest BCUT2D eigenvalue weighted by Gasteiger charge is 2.00. The van der Waals surface area contributed by atoms with Gasteiger partial charge in [0.2, 0.25) is 0 Å². The lowest BCUT2D eigenvalue weighted by Crippen LogP contribution is -2.06. The highest BCUT2D eigenvalue weighted by Crippen LogP contribution is 2.16. The van der Waals surface area contributed by atoms with E-state index in [1.807, 2.05) is 24.4 Å². The van der Waals surface area contributed by atoms with Crippen molar-refractivity contribution >= 4 is 21.4 Å². The summed E-state index contributed by atoms with van der Waals surface area (Å²) in [5.41, 5.74) is 1.05. The molecule has 0 amide bonds. The van der Waals surface area contributed by atoms with Crippen LogP contribution in [0.3, 0.4) is 0 Å². The van der Waals surface area contributed by atoms with Crippen molar-refractivity contribution in [2.45, 2.75) is 13.3 Å². The van der Waals surface area contributed by atoms with Crippen molar-refractivity contribution in [2.24, 2.45) is 0 Å². The Balaban J connectivity index is 2.84. The molecule has 2 heterocycles. The molecule has 0 fully saturated rings. The van der Waals surface area contributed by atoms with Crippen molar-refractivity contribution in [3.05, 3.63) is 33.6 Å². The maximum absolute atomic E-state index is 11.4. The van der Waals surface area contributed by atoms with Gasteiger partial charge in [0.25, 0.3) is 5.56 Å². The van der Waals surface area contributed by atoms with Crippen molar-refractivity contribution in [1.29, 1.82) is 0 Å². The number of H-pyrrole nitrogens is 1. The second-order valence-electron chi connectivity index (χ2n) is 2.68. The minimum atomic E-state index is 0.0411. The normalized spacial score (nSPS) is 10.8. The third-order valence-corrected chi connectivity index (χ3v) is 2.82. The van der Waals surface area contributed by atoms with E-state index in [4.69, 9.17) is 0 Å². The molecule has 2 aromatic rings. The van der Waals surface area contributed by atoms with E-state index in [2.05, 4.69) is 4.98 Å². The molecular formula is C9H9NOS. The molecule has 0 aliphatic carbocycles. The number of pyridine rings is 1. The summed E-state index contributed by atoms with van der Waals surface area (Å²) in [6, 6.07) is 4.02. The Morgan fingerprint density at radius 3 is 3.17 bits per heavy atom. The molecular weight excluding hydrogens is 170 g/mol. The van der Waals surface area contributed by atoms with Gasteiger partial charge in [0.1, 0.15) is 0 Å². The minimum absolute atomic E-state index is 0.0411. The van der Waals surface area contributed by atoms with E-state index in [0.29, 0.717) is 0 Å². The zero-order chi connectivity index (χ0) is 8.55. The summed E-state index contributed by atoms with van der Waals surface area (Å²) < 4.78 is 0.826. The lowest BCUT2D eigenvalue weighted by molar-refractivity contribution is 1.03. The van der Waals surface area contributed by atoms with Gasteiger partial charge < -0.3 is 4.98 Å². The molecule has 2 rings (SSSR count). The predicted molar refractivity (Wildman–Crippen MR) is 51.8 cm³/mol. The van der Waals surface area contributed by atoms with Crippen LogP contribution in [0.5, 0.6) is 0 Å². The third-order valence-electron chi connectivity index (χ3n) is 1.89. The van der Waals surface area contributed by atoms with Gasteiger partial charge in [-0.2, -0.15) is 0 Å². The summed E-state index contributed by atoms with van der Waals surface area (Å²) in [7, 11) is 0. The number of aromatic amines is 1. The van der Waals surface area contributed by atoms with E-state index >= 15 is 0 Å². The average molecular weight is 179 g/mol. The Kier molecular flexibility index (Phi) is 1.73. The topological polar surface area (TPSA) is 32.9 Å². The fourth-order valence-corrected chi connectivity index (χ4v) is 2.01. The molecule has 0 saturated carbocycles. The van der Waals surface area contributed by atoms with Gasteiger partial charge in [0.15, 0.2) is 0 Å². The molecule has 12 heavy (non-hydrogen) atoms. The molecule has 2 nitrogen and oxygen atoms in total. The molecule has 0 unspecified atom stereocenters. The second-order valence-corrected chi connectivity index (χ2v) is 3.60. The first kappa shape index (κ1) is 7.55. The molecule has 0 bridgehead atoms. The Hall–Kier alpha value is -1.09. The summed E-state index contributed by atoms with van der Waals surface area (Å²) >= 11 is 1.49. The third kappa shape index (κ3) is 1.06. The second kappa shape index (κ2) is 2.75. The maximum atomic E-state index is 11.4. The van der Waals surface area contributed by atoms with Crippen LogP contribution in [0, 0.1) is 0 Å². The monoisotopic (exact) mass is 179 g/mol. The fraction of sp³-hybridized carbons (Fsp3) is 0.222. The summed E-state index contributed by atoms with van der Waals surface area (Å²) in [5.74, 6) is 0. The van der Waals surface area contributed by atoms with Gasteiger partial charge in [-0.15, -0.1) is 11.3 Å². The number of thiophene rings is 1. The maximum Gasteiger partial charge on any atom is 0.266 e. The zero-order valence-corrected chi connectivity index (χ0v) is 7.57. The van der Waals surface area contributed by atoms with Crippen LogP contribution in [0.1, 0.15) is 12.6 Å². The Morgan fingerprint density at radius 2 is 2.42 bits per heavy atom. The molecule has 0 aliphatic heterocycles. The lowest BCUT2D eigenvalue weighted by Gasteiger charge is -1.95. The Bertz CT molecular complexity index is 455. The first-order valence-corrected chi connectivity index (χ1v) is 4.78. The van der Waals surface area contributed by atoms with E-state index in [1.165, 1.54) is 11.3 Å². The fourth-order valence-electron chi connectivity index (χ4n) is 1.23. The molecule has 62 valence electrons. The smallest absolute Gasteiger partial charge is 0.266 e. The van der Waals surface area contributed by atoms with Crippen LogP contribution in [-0.4, -0.2) is 4.98 Å². The summed E-state index contributed by atoms with van der Waals surface area (Å²) in [6.07, 6.45) is 0.876. The van der Waals surface area contributed by atoms with E-state index in [9.17, 15) is 4.79 Å². The van der Waals surface area contributed by atoms with Crippen LogP contribution in [0.2, 0.25) is 0 Å². The molecule has 1 N–H and O–H groups in total. The number of aryl methyl sites for hydroxylation is 1. The van der Waals surface area contributed by atoms with Gasteiger partial charge in [-0.25, -0.2) is 0 Å². The van der Waals surface area contributed by atoms with Crippen molar-refractivity contribution in [3.8, 4) is 0 Å². The van der Waals surface area contributed by atoms with Gasteiger partial charge in [0, 0.05) is 5.69 Å². The van der Waals surface area contributed by atoms with Crippen LogP contribution in [0.15, 0.2) is 22.3 Å². The molecule has 0 aliphatic rings. The molecule has 3 heteroatoms. The van der Waals surface area contributed by atoms with Gasteiger partial charge >= 0.3 is 0 Å². The van der Waals surface area contributed by atoms with Gasteiger partial charge in [-0.1, -0.05) is 6.92 Å². The average Bonchev–Trinajstić information content (AvgIpc) is 2.52. The number of aromatic nitrogens is 1. The van der Waals surface area contributed by atoms with Crippen LogP contribution in [0.25, 0.3) is 10.1 Å². The van der Waals surface area contributed by atoms with Crippen molar-refractivity contribution in [1.82, 2.24) is 4.98 Å². The standard InChI is InChI=1S/C9H9NOS/c1-2-7-5-6-3-4-12-8(6)9(11)10-7/h3-5H,2H2,1H3,(H,10,11). The number of nitrogens with one attached hydrogen (secondary N) is 1. The van der Waals surface area contributed by atoms with Crippen LogP contribution >= 0.6 is 11.3 Å². The molecule has 0 radical (unpaired) electrons. The molecule has 0 saturated heterocycles. The highest BCUT2D eigenvalue weighted by molar-refractivity contribution is 7.17. The lowest BCUT2D eigenvalue weighted by atomic mass is 10.2. The number of hydrogen-bond acceptors (Lipinski definition) is 2. The van der Waals surface area contributed by atoms with Gasteiger partial charge in [-0.3, -0.25) is 4.79 Å². The molecule has 0 spiro atoms. The number of rotatable bonds is 1. The van der Waals surface area contributed by atoms with Crippen LogP contribution in [-0.2, 0) is 6.42 Å². The SMILES string of the molecule is CCc1cc2ccsc2c(=O)[nH]1. The van der Waals surface area contributed by atoms with Crippen molar-refractivity contribution in [2.75, 3.05) is 0 Å². The Labute approximate surface area is 73.9 Å². The minimum Gasteiger partial charge on any atom is -0.325 e. The summed E-state index contributed by atoms with van der Waals surface area (Å²) in [5, 5.41) is 3.00. The van der Waals surface area contributed by atoms with E-state index in [0.717, 1.165) is 22.2 Å². The molecule has 2 aromatic heterocycles. The first-order chi connectivity index (χ1) is 5.81. The molecule has 0 atom stereocenters. The quantitative estimate of drug-likeness (QED) is 0.714. The van der Waals surface area contributed by atoms with Crippen LogP contribution in [0.4, 0.5) is 0 Å². The summed E-state index contributed by atoms with van der Waals surface area (Å²) in [6.45, 7) is 2.03. The number of hydrogen-bond donors (Lipinski definition) is 1. The van der Waals surface area contributed by atoms with E-state index in [-0.39, 0.29) is 5.56 Å². The van der Waals surface area contributed by atoms with Crippen molar-refractivity contribution in [3.63, 3.8) is 0 Å². The van der Waals surface area contributed by atoms with Gasteiger partial charge in [0.05, 0.1) is 4.70 Å². The first-order valence-electron chi connectivity index (χ1n) is 3.90. The molecule has 0 aromatic carbocycles. The number of fused-ring (bicyclic) bond motifs is 1. The van der Waals surface area contributed by atoms with Crippen molar-refractivity contribution < 1.29 is 0 Å². The zero-order valence-electron chi connectivity index (χ0n) is 6.76. The summed E-state index contributed by atoms with van der Waals surface area (Å²) in [4.78, 5) is 14.2. The largest absolute Gasteiger partial charge is 0.325 e. The highest BCUT2D eigenvalue weighted by atomic mass is 32.1. The van der Waals surface area contributed by atoms with Crippen LogP contribution < -0.4 is 5.56 Å². The predicted octanol–water partition coefficient (Wildman–Crippen LogP) is 2.15.